The highest BCUT2D eigenvalue weighted by atomic mass is 31.2. The lowest BCUT2D eigenvalue weighted by molar-refractivity contribution is -0.155. The molecule has 3 aromatic rings. The van der Waals surface area contributed by atoms with Crippen molar-refractivity contribution in [3.8, 4) is 0 Å². The fraction of sp³-hybridized carbons (Fsp3) is 0.724. The summed E-state index contributed by atoms with van der Waals surface area (Å²) in [5.41, 5.74) is -2.92. The van der Waals surface area contributed by atoms with Crippen molar-refractivity contribution in [1.82, 2.24) is 53.8 Å². The van der Waals surface area contributed by atoms with Crippen LogP contribution in [0.5, 0.6) is 0 Å². The number of H-pyrrole nitrogens is 3. The maximum atomic E-state index is 12.8. The second kappa shape index (κ2) is 43.7. The summed E-state index contributed by atoms with van der Waals surface area (Å²) in [6.45, 7) is 22.2. The Balaban J connectivity index is 0.000000729. The van der Waals surface area contributed by atoms with E-state index in [4.69, 9.17) is 57.2 Å². The summed E-state index contributed by atoms with van der Waals surface area (Å²) >= 11 is 0. The number of aromatic amines is 3. The highest BCUT2D eigenvalue weighted by molar-refractivity contribution is 7.44. The lowest BCUT2D eigenvalue weighted by atomic mass is 10.1. The predicted octanol–water partition coefficient (Wildman–Crippen LogP) is -2.42. The van der Waals surface area contributed by atoms with Gasteiger partial charge in [0.05, 0.1) is 24.9 Å². The van der Waals surface area contributed by atoms with Crippen molar-refractivity contribution in [1.29, 1.82) is 4.29 Å². The largest absolute Gasteiger partial charge is 0.464 e. The number of nitrogens with zero attached hydrogens (tertiary/aromatic N) is 7. The van der Waals surface area contributed by atoms with Gasteiger partial charge in [-0.1, -0.05) is 0 Å². The van der Waals surface area contributed by atoms with Crippen LogP contribution in [0.15, 0.2) is 47.4 Å². The van der Waals surface area contributed by atoms with Crippen molar-refractivity contribution >= 4 is 26.3 Å². The Bertz CT molecular complexity index is 3300. The second-order valence-electron chi connectivity index (χ2n) is 21.6. The minimum atomic E-state index is -1.74. The van der Waals surface area contributed by atoms with Crippen molar-refractivity contribution in [2.24, 2.45) is 0 Å². The van der Waals surface area contributed by atoms with E-state index in [0.29, 0.717) is 26.2 Å². The Morgan fingerprint density at radius 1 is 0.660 bits per heavy atom. The van der Waals surface area contributed by atoms with Crippen LogP contribution in [0.4, 0.5) is 0 Å². The molecule has 6 heterocycles. The predicted molar refractivity (Wildman–Crippen MR) is 344 cm³/mol. The number of aliphatic hydroxyl groups is 5. The molecule has 0 radical (unpaired) electrons. The Labute approximate surface area is 555 Å². The molecule has 36 heteroatoms. The van der Waals surface area contributed by atoms with Gasteiger partial charge in [-0.15, -0.1) is 0 Å². The minimum Gasteiger partial charge on any atom is -0.464 e. The molecule has 0 aliphatic carbocycles. The molecular weight excluding hydrogens is 1260 g/mol. The Morgan fingerprint density at radius 2 is 1.02 bits per heavy atom. The molecule has 0 spiro atoms. The van der Waals surface area contributed by atoms with Crippen LogP contribution < -0.4 is 44.4 Å². The fourth-order valence-corrected chi connectivity index (χ4v) is 10.6. The molecule has 3 saturated heterocycles. The highest BCUT2D eigenvalue weighted by Gasteiger charge is 2.49. The van der Waals surface area contributed by atoms with Gasteiger partial charge in [-0.3, -0.25) is 52.6 Å². The lowest BCUT2D eigenvalue weighted by Crippen LogP contribution is -2.43. The normalized spacial score (nSPS) is 23.9. The fourth-order valence-electron chi connectivity index (χ4n) is 8.85. The van der Waals surface area contributed by atoms with Gasteiger partial charge in [0, 0.05) is 99.0 Å². The molecule has 3 aliphatic heterocycles. The number of esters is 1. The van der Waals surface area contributed by atoms with E-state index in [1.807, 2.05) is 70.4 Å². The minimum absolute atomic E-state index is 0.0259. The molecule has 0 saturated carbocycles. The quantitative estimate of drug-likeness (QED) is 0.0164. The first-order chi connectivity index (χ1) is 47.3. The number of nitrogens with one attached hydrogen (secondary N) is 5. The summed E-state index contributed by atoms with van der Waals surface area (Å²) in [6, 6.07) is 0.0517. The summed E-state index contributed by atoms with van der Waals surface area (Å²) < 4.78 is 97.1. The Hall–Kier alpha value is -6.27. The molecule has 94 heavy (non-hydrogen) atoms. The summed E-state index contributed by atoms with van der Waals surface area (Å²) in [5.74, 6) is -1.36. The number of hydrogen-bond acceptors (Lipinski definition) is 26. The highest BCUT2D eigenvalue weighted by Crippen LogP contribution is 2.50. The number of carbonyl (C=O) groups is 3. The third-order valence-electron chi connectivity index (χ3n) is 13.3. The van der Waals surface area contributed by atoms with E-state index in [0.717, 1.165) is 9.13 Å². The molecule has 10 N–H and O–H groups in total. The van der Waals surface area contributed by atoms with Crippen molar-refractivity contribution in [3.05, 3.63) is 109 Å². The van der Waals surface area contributed by atoms with E-state index in [2.05, 4.69) is 45.8 Å². The zero-order valence-electron chi connectivity index (χ0n) is 62.1. The topological polar surface area (TPSA) is 438 Å². The molecule has 1 unspecified atom stereocenters. The third-order valence-corrected chi connectivity index (χ3v) is 15.4. The van der Waals surface area contributed by atoms with Crippen LogP contribution in [0, 0.1) is 27.3 Å². The van der Waals surface area contributed by atoms with Gasteiger partial charge in [0.1, 0.15) is 63.1 Å². The number of aromatic nitrogens is 6. The van der Waals surface area contributed by atoms with Gasteiger partial charge in [-0.25, -0.2) is 30.4 Å². The molecule has 536 valence electrons. The van der Waals surface area contributed by atoms with Crippen molar-refractivity contribution in [3.63, 3.8) is 0 Å². The zero-order valence-corrected chi connectivity index (χ0v) is 56.9. The van der Waals surface area contributed by atoms with Crippen molar-refractivity contribution in [2.75, 3.05) is 115 Å². The first-order valence-corrected chi connectivity index (χ1v) is 30.6. The number of likely N-dealkylation sites (N-methyl/N-ethyl adjacent to an activating group) is 2. The van der Waals surface area contributed by atoms with Crippen LogP contribution >= 0.6 is 8.53 Å². The van der Waals surface area contributed by atoms with Gasteiger partial charge in [0.25, 0.3) is 25.2 Å². The van der Waals surface area contributed by atoms with Crippen LogP contribution in [0.2, 0.25) is 0 Å². The third kappa shape index (κ3) is 26.4. The van der Waals surface area contributed by atoms with Gasteiger partial charge < -0.3 is 93.0 Å². The average Bonchev–Trinajstić information content (AvgIpc) is 1.63. The van der Waals surface area contributed by atoms with E-state index in [1.54, 1.807) is 13.8 Å². The average molecular weight is 1370 g/mol. The smallest absolute Gasteiger partial charge is 0.332 e. The Morgan fingerprint density at radius 3 is 1.37 bits per heavy atom. The van der Waals surface area contributed by atoms with Gasteiger partial charge in [-0.05, 0) is 104 Å². The summed E-state index contributed by atoms with van der Waals surface area (Å²) in [5, 5.41) is 36.6. The van der Waals surface area contributed by atoms with Crippen LogP contribution in [0.3, 0.4) is 0 Å². The lowest BCUT2D eigenvalue weighted by Gasteiger charge is -2.37. The number of aliphatic hydroxyl groups excluding tert-OH is 5. The molecule has 0 bridgehead atoms. The number of aryl methyl sites for hydroxylation is 3. The molecule has 3 fully saturated rings. The number of ether oxygens (including phenoxy) is 7. The maximum Gasteiger partial charge on any atom is 0.332 e. The molecule has 3 aliphatic rings. The molecule has 3 aromatic heterocycles. The maximum absolute atomic E-state index is 12.8. The SMILES string of the molecule is [2H]C[C@H]1O[C@@H](n2cc(C)c(=O)[nH]c2=O)[C@H](OCC(=O)NCCN(C)C)[C@@H]1O.[2H]C[C@H]1O[C@@H](n2cc(C)c(=O)[nH]c2=O)[C@H](OCC(=O)NCCN(C)C)[C@@H]1OP(OCC[N+]#[C-])N(C(C)C)C(C)C.[2H]C[C@H]1O[C@@H](n2cc(C)c(=O)[nH]c2=O)[C@H](OCC(=O)OCC)[C@@H]1O.[3H]OC.[3H]OC.[3H]OC. The van der Waals surface area contributed by atoms with Crippen LogP contribution in [0.1, 0.15) is 94.8 Å². The molecular formula is C58H101N12O23P. The van der Waals surface area contributed by atoms with Gasteiger partial charge >= 0.3 is 23.0 Å². The summed E-state index contributed by atoms with van der Waals surface area (Å²) in [6.07, 6.45) is -8.25. The van der Waals surface area contributed by atoms with E-state index >= 15 is 0 Å². The van der Waals surface area contributed by atoms with Crippen LogP contribution in [-0.4, -0.2) is 273 Å². The van der Waals surface area contributed by atoms with E-state index in [9.17, 15) is 53.4 Å². The molecule has 6 rings (SSSR count). The van der Waals surface area contributed by atoms with E-state index in [1.165, 1.54) is 58.3 Å². The molecule has 2 amide bonds. The van der Waals surface area contributed by atoms with Gasteiger partial charge in [0.2, 0.25) is 22.7 Å². The van der Waals surface area contributed by atoms with Crippen molar-refractivity contribution in [2.45, 2.75) is 162 Å². The van der Waals surface area contributed by atoms with E-state index in [-0.39, 0.29) is 94.3 Å². The van der Waals surface area contributed by atoms with Crippen LogP contribution in [-0.2, 0) is 56.6 Å². The standard InChI is InChI=1S/C25H43N6O7P.C16H26N4O6.C14H20N2O7.3CH4O/c1-16(2)31(17(3)4)39(36-13-11-26-7)38-21-19(6)37-24(30-14-18(5)23(33)28-25(30)34)22(21)35-15-20(32)27-10-12-29(8)9;1-9-7-20(16(24)18-14(9)23)15-13(12(22)10(2)26-15)25-8-11(21)17-5-6-19(3)4;1-4-21-9(17)6-22-11-10(18)8(3)23-13(11)16-5-7(2)12(19)15-14(16)20;3*1-2/h14,16-17,19,21-22,24H,10-13,15H2,1-6,8-9H3,(H,27,32)(H,28,33,34);7,10,12-13,15,22H,5-6,8H2,1-4H3,(H,17,21)(H,18,23,24);5,8,10-11,13,18H,4,6H2,1-3H3,(H,15,19,20);3*2H,1H3/t19-,21-,22-,24-,39?;10-,12-,13-,15-;8-,10-,11-,13-;;;/m111.../s1/i6D;2D;3D;3*2T. The zero-order chi connectivity index (χ0) is 76.1. The number of carbonyl (C=O) groups excluding carboxylic acids is 3. The molecule has 0 aromatic carbocycles. The van der Waals surface area contributed by atoms with E-state index < -0.39 is 128 Å². The number of hydrogen-bond donors (Lipinski definition) is 10. The first-order valence-electron chi connectivity index (χ1n) is 32.8. The molecule has 35 nitrogen and oxygen atoms in total. The summed E-state index contributed by atoms with van der Waals surface area (Å²) in [7, 11) is 9.68. The summed E-state index contributed by atoms with van der Waals surface area (Å²) in [4.78, 5) is 122. The van der Waals surface area contributed by atoms with Gasteiger partial charge in [-0.2, -0.15) is 0 Å². The number of rotatable bonds is 27. The monoisotopic (exact) mass is 1370 g/mol. The Kier molecular flexibility index (Phi) is 34.9. The number of amides is 2. The van der Waals surface area contributed by atoms with Gasteiger partial charge in [0.15, 0.2) is 18.7 Å². The first kappa shape index (κ1) is 75.1. The second-order valence-corrected chi connectivity index (χ2v) is 23.0. The van der Waals surface area contributed by atoms with Crippen LogP contribution in [0.25, 0.3) is 4.85 Å². The van der Waals surface area contributed by atoms with Crippen molar-refractivity contribution < 1.29 is 86.2 Å². The molecule has 13 atom stereocenters.